The summed E-state index contributed by atoms with van der Waals surface area (Å²) in [6, 6.07) is 26.3. The number of halogens is 2. The molecule has 0 spiro atoms. The van der Waals surface area contributed by atoms with Gasteiger partial charge in [-0.25, -0.2) is 8.42 Å². The molecule has 0 saturated carbocycles. The minimum atomic E-state index is -3.83. The van der Waals surface area contributed by atoms with Crippen LogP contribution >= 0.6 is 23.2 Å². The predicted octanol–water partition coefficient (Wildman–Crippen LogP) is 6.60. The average molecular weight is 539 g/mol. The Bertz CT molecular complexity index is 1430. The molecule has 4 rings (SSSR count). The number of hydrogen-bond donors (Lipinski definition) is 0. The smallest absolute Gasteiger partial charge is 0.243 e. The zero-order chi connectivity index (χ0) is 25.5. The monoisotopic (exact) mass is 538 g/mol. The number of aromatic nitrogens is 1. The molecule has 8 heteroatoms. The van der Waals surface area contributed by atoms with E-state index >= 15 is 0 Å². The Morgan fingerprint density at radius 2 is 1.50 bits per heavy atom. The van der Waals surface area contributed by atoms with Crippen molar-refractivity contribution < 1.29 is 13.2 Å². The molecular weight excluding hydrogens is 515 g/mol. The van der Waals surface area contributed by atoms with E-state index in [2.05, 4.69) is 4.98 Å². The second-order valence-electron chi connectivity index (χ2n) is 8.30. The number of ketones is 1. The summed E-state index contributed by atoms with van der Waals surface area (Å²) in [6.45, 7) is 0.227. The van der Waals surface area contributed by atoms with Gasteiger partial charge in [0.25, 0.3) is 0 Å². The largest absolute Gasteiger partial charge is 0.294 e. The van der Waals surface area contributed by atoms with Gasteiger partial charge in [-0.1, -0.05) is 65.7 Å². The summed E-state index contributed by atoms with van der Waals surface area (Å²) in [5.41, 5.74) is 2.86. The van der Waals surface area contributed by atoms with Crippen molar-refractivity contribution in [2.45, 2.75) is 30.8 Å². The van der Waals surface area contributed by atoms with Crippen molar-refractivity contribution in [3.05, 3.63) is 130 Å². The summed E-state index contributed by atoms with van der Waals surface area (Å²) < 4.78 is 28.3. The number of pyridine rings is 1. The van der Waals surface area contributed by atoms with Crippen LogP contribution in [0, 0.1) is 0 Å². The van der Waals surface area contributed by atoms with Crippen molar-refractivity contribution in [2.24, 2.45) is 0 Å². The van der Waals surface area contributed by atoms with E-state index in [4.69, 9.17) is 23.2 Å². The quantitative estimate of drug-likeness (QED) is 0.213. The first kappa shape index (κ1) is 26.0. The fourth-order valence-corrected chi connectivity index (χ4v) is 5.47. The van der Waals surface area contributed by atoms with E-state index in [1.165, 1.54) is 22.6 Å². The molecule has 0 aliphatic heterocycles. The van der Waals surface area contributed by atoms with Gasteiger partial charge in [0.2, 0.25) is 10.0 Å². The highest BCUT2D eigenvalue weighted by Crippen LogP contribution is 2.23. The molecule has 0 unspecified atom stereocenters. The van der Waals surface area contributed by atoms with Crippen LogP contribution in [-0.2, 0) is 29.5 Å². The van der Waals surface area contributed by atoms with Gasteiger partial charge < -0.3 is 0 Å². The van der Waals surface area contributed by atoms with Gasteiger partial charge in [-0.3, -0.25) is 9.78 Å². The van der Waals surface area contributed by atoms with E-state index < -0.39 is 10.0 Å². The van der Waals surface area contributed by atoms with Crippen LogP contribution in [0.5, 0.6) is 0 Å². The first-order valence-electron chi connectivity index (χ1n) is 11.3. The minimum absolute atomic E-state index is 0.0380. The van der Waals surface area contributed by atoms with Gasteiger partial charge in [0.05, 0.1) is 17.1 Å². The molecule has 184 valence electrons. The van der Waals surface area contributed by atoms with E-state index in [0.717, 1.165) is 11.1 Å². The number of aryl methyl sites for hydroxylation is 1. The van der Waals surface area contributed by atoms with Gasteiger partial charge in [-0.15, -0.1) is 0 Å². The molecule has 0 saturated heterocycles. The predicted molar refractivity (Wildman–Crippen MR) is 143 cm³/mol. The van der Waals surface area contributed by atoms with Gasteiger partial charge in [0, 0.05) is 34.8 Å². The number of rotatable bonds is 10. The molecule has 36 heavy (non-hydrogen) atoms. The fraction of sp³-hybridized carbons (Fsp3) is 0.143. The number of carbonyl (C=O) groups excluding carboxylic acids is 1. The van der Waals surface area contributed by atoms with E-state index in [0.29, 0.717) is 34.1 Å². The standard InChI is InChI=1S/C28H24Cl2N2O3S/c29-24-11-14-27(15-12-24)36(34,35)32(19-22-5-2-1-3-6-22)20-26-13-10-23(18-31-26)28(33)16-9-21-7-4-8-25(30)17-21/h1-8,10-15,17-18H,9,16,19-20H2. The molecule has 0 N–H and O–H groups in total. The second kappa shape index (κ2) is 11.8. The number of benzene rings is 3. The van der Waals surface area contributed by atoms with Crippen molar-refractivity contribution in [1.29, 1.82) is 0 Å². The van der Waals surface area contributed by atoms with Crippen LogP contribution in [0.25, 0.3) is 0 Å². The maximum absolute atomic E-state index is 13.5. The van der Waals surface area contributed by atoms with Crippen molar-refractivity contribution >= 4 is 39.0 Å². The first-order valence-corrected chi connectivity index (χ1v) is 13.5. The van der Waals surface area contributed by atoms with Crippen LogP contribution < -0.4 is 0 Å². The van der Waals surface area contributed by atoms with Crippen LogP contribution in [0.2, 0.25) is 10.0 Å². The zero-order valence-electron chi connectivity index (χ0n) is 19.3. The lowest BCUT2D eigenvalue weighted by Gasteiger charge is -2.22. The highest BCUT2D eigenvalue weighted by Gasteiger charge is 2.25. The summed E-state index contributed by atoms with van der Waals surface area (Å²) in [4.78, 5) is 17.2. The molecule has 4 aromatic rings. The Hall–Kier alpha value is -3.03. The molecule has 0 radical (unpaired) electrons. The van der Waals surface area contributed by atoms with E-state index in [9.17, 15) is 13.2 Å². The van der Waals surface area contributed by atoms with E-state index in [1.54, 1.807) is 30.3 Å². The lowest BCUT2D eigenvalue weighted by Crippen LogP contribution is -2.30. The number of sulfonamides is 1. The van der Waals surface area contributed by atoms with E-state index in [1.807, 2.05) is 48.5 Å². The maximum atomic E-state index is 13.5. The molecule has 0 atom stereocenters. The summed E-state index contributed by atoms with van der Waals surface area (Å²) in [5.74, 6) is -0.0380. The highest BCUT2D eigenvalue weighted by molar-refractivity contribution is 7.89. The molecule has 3 aromatic carbocycles. The van der Waals surface area contributed by atoms with Gasteiger partial charge in [-0.2, -0.15) is 4.31 Å². The summed E-state index contributed by atoms with van der Waals surface area (Å²) >= 11 is 12.0. The van der Waals surface area contributed by atoms with Gasteiger partial charge in [0.1, 0.15) is 0 Å². The summed E-state index contributed by atoms with van der Waals surface area (Å²) in [7, 11) is -3.83. The van der Waals surface area contributed by atoms with Crippen molar-refractivity contribution in [3.63, 3.8) is 0 Å². The van der Waals surface area contributed by atoms with Crippen LogP contribution in [0.3, 0.4) is 0 Å². The number of Topliss-reactive ketones (excluding diaryl/α,β-unsaturated/α-hetero) is 1. The third kappa shape index (κ3) is 6.80. The number of nitrogens with zero attached hydrogens (tertiary/aromatic N) is 2. The topological polar surface area (TPSA) is 67.3 Å². The molecule has 0 aliphatic carbocycles. The Kier molecular flexibility index (Phi) is 8.54. The molecular formula is C28H24Cl2N2O3S. The van der Waals surface area contributed by atoms with Crippen LogP contribution in [-0.4, -0.2) is 23.5 Å². The van der Waals surface area contributed by atoms with Crippen molar-refractivity contribution in [2.75, 3.05) is 0 Å². The van der Waals surface area contributed by atoms with Crippen molar-refractivity contribution in [3.8, 4) is 0 Å². The van der Waals surface area contributed by atoms with Crippen LogP contribution in [0.1, 0.15) is 33.6 Å². The van der Waals surface area contributed by atoms with Gasteiger partial charge in [-0.05, 0) is 66.1 Å². The molecule has 0 aliphatic rings. The van der Waals surface area contributed by atoms with Crippen LogP contribution in [0.15, 0.2) is 102 Å². The molecule has 0 bridgehead atoms. The minimum Gasteiger partial charge on any atom is -0.294 e. The maximum Gasteiger partial charge on any atom is 0.243 e. The fourth-order valence-electron chi connectivity index (χ4n) is 3.73. The second-order valence-corrected chi connectivity index (χ2v) is 11.1. The van der Waals surface area contributed by atoms with E-state index in [-0.39, 0.29) is 23.8 Å². The van der Waals surface area contributed by atoms with Crippen LogP contribution in [0.4, 0.5) is 0 Å². The van der Waals surface area contributed by atoms with Crippen molar-refractivity contribution in [1.82, 2.24) is 9.29 Å². The Morgan fingerprint density at radius 3 is 2.17 bits per heavy atom. The SMILES string of the molecule is O=C(CCc1cccc(Cl)c1)c1ccc(CN(Cc2ccccc2)S(=O)(=O)c2ccc(Cl)cc2)nc1. The lowest BCUT2D eigenvalue weighted by molar-refractivity contribution is 0.0982. The zero-order valence-corrected chi connectivity index (χ0v) is 21.7. The third-order valence-electron chi connectivity index (χ3n) is 5.67. The third-order valence-corrected chi connectivity index (χ3v) is 7.96. The Morgan fingerprint density at radius 1 is 0.778 bits per heavy atom. The highest BCUT2D eigenvalue weighted by atomic mass is 35.5. The molecule has 0 fully saturated rings. The van der Waals surface area contributed by atoms with Gasteiger partial charge in [0.15, 0.2) is 5.78 Å². The van der Waals surface area contributed by atoms with Gasteiger partial charge >= 0.3 is 0 Å². The molecule has 1 heterocycles. The average Bonchev–Trinajstić information content (AvgIpc) is 2.88. The Labute approximate surface area is 221 Å². The Balaban J connectivity index is 1.50. The molecule has 0 amide bonds. The number of carbonyl (C=O) groups is 1. The molecule has 1 aromatic heterocycles. The molecule has 5 nitrogen and oxygen atoms in total. The lowest BCUT2D eigenvalue weighted by atomic mass is 10.0. The first-order chi connectivity index (χ1) is 17.3. The number of hydrogen-bond acceptors (Lipinski definition) is 4. The summed E-state index contributed by atoms with van der Waals surface area (Å²) in [5, 5.41) is 1.10. The normalized spacial score (nSPS) is 11.5. The summed E-state index contributed by atoms with van der Waals surface area (Å²) in [6.07, 6.45) is 2.41.